The molecular weight excluding hydrogens is 288 g/mol. The first-order chi connectivity index (χ1) is 8.97. The van der Waals surface area contributed by atoms with E-state index in [2.05, 4.69) is 10.2 Å². The van der Waals surface area contributed by atoms with Gasteiger partial charge in [-0.1, -0.05) is 11.6 Å². The maximum atomic E-state index is 11.5. The summed E-state index contributed by atoms with van der Waals surface area (Å²) >= 11 is 5.83. The summed E-state index contributed by atoms with van der Waals surface area (Å²) in [5, 5.41) is 13.3. The lowest BCUT2D eigenvalue weighted by Crippen LogP contribution is -2.18. The van der Waals surface area contributed by atoms with Gasteiger partial charge in [0.25, 0.3) is 15.2 Å². The van der Waals surface area contributed by atoms with Crippen LogP contribution in [0.4, 0.5) is 0 Å². The third kappa shape index (κ3) is 2.36. The molecule has 0 radical (unpaired) electrons. The number of nitrogens with zero attached hydrogens (tertiary/aromatic N) is 3. The first kappa shape index (κ1) is 12.6. The SMILES string of the molecule is NS(=O)(=O)c1nnc(-c2ccc(Cl)cc2)n1C1CC1. The molecule has 1 aromatic heterocycles. The first-order valence-corrected chi connectivity index (χ1v) is 7.63. The summed E-state index contributed by atoms with van der Waals surface area (Å²) in [5.41, 5.74) is 0.763. The number of benzene rings is 1. The number of hydrogen-bond acceptors (Lipinski definition) is 4. The summed E-state index contributed by atoms with van der Waals surface area (Å²) in [4.78, 5) is 0. The lowest BCUT2D eigenvalue weighted by molar-refractivity contribution is 0.567. The highest BCUT2D eigenvalue weighted by molar-refractivity contribution is 7.89. The Morgan fingerprint density at radius 2 is 1.84 bits per heavy atom. The highest BCUT2D eigenvalue weighted by Gasteiger charge is 2.33. The van der Waals surface area contributed by atoms with E-state index in [1.807, 2.05) is 0 Å². The zero-order chi connectivity index (χ0) is 13.6. The van der Waals surface area contributed by atoms with E-state index in [1.54, 1.807) is 28.8 Å². The Morgan fingerprint density at radius 3 is 2.37 bits per heavy atom. The average Bonchev–Trinajstić information content (AvgIpc) is 3.07. The number of halogens is 1. The fourth-order valence-electron chi connectivity index (χ4n) is 1.93. The molecule has 2 aromatic rings. The molecule has 0 saturated heterocycles. The second-order valence-corrected chi connectivity index (χ2v) is 6.35. The Bertz CT molecular complexity index is 720. The molecule has 8 heteroatoms. The summed E-state index contributed by atoms with van der Waals surface area (Å²) in [7, 11) is -3.87. The van der Waals surface area contributed by atoms with Gasteiger partial charge >= 0.3 is 0 Å². The van der Waals surface area contributed by atoms with Crippen LogP contribution in [0.15, 0.2) is 29.4 Å². The van der Waals surface area contributed by atoms with Crippen molar-refractivity contribution in [3.05, 3.63) is 29.3 Å². The lowest BCUT2D eigenvalue weighted by Gasteiger charge is -2.07. The molecule has 0 aliphatic heterocycles. The molecule has 1 aliphatic carbocycles. The molecule has 6 nitrogen and oxygen atoms in total. The largest absolute Gasteiger partial charge is 0.294 e. The van der Waals surface area contributed by atoms with E-state index < -0.39 is 10.0 Å². The van der Waals surface area contributed by atoms with Crippen molar-refractivity contribution in [3.63, 3.8) is 0 Å². The van der Waals surface area contributed by atoms with Crippen molar-refractivity contribution in [2.24, 2.45) is 5.14 Å². The van der Waals surface area contributed by atoms with Crippen LogP contribution in [0, 0.1) is 0 Å². The van der Waals surface area contributed by atoms with Gasteiger partial charge in [-0.15, -0.1) is 10.2 Å². The molecule has 100 valence electrons. The molecule has 1 aliphatic rings. The van der Waals surface area contributed by atoms with Gasteiger partial charge in [-0.2, -0.15) is 0 Å². The van der Waals surface area contributed by atoms with Crippen LogP contribution in [0.2, 0.25) is 5.02 Å². The molecule has 2 N–H and O–H groups in total. The van der Waals surface area contributed by atoms with Crippen LogP contribution >= 0.6 is 11.6 Å². The standard InChI is InChI=1S/C11H11ClN4O2S/c12-8-3-1-7(2-4-8)10-14-15-11(19(13,17)18)16(10)9-5-6-9/h1-4,9H,5-6H2,(H2,13,17,18). The van der Waals surface area contributed by atoms with Gasteiger partial charge in [0.2, 0.25) is 0 Å². The van der Waals surface area contributed by atoms with Crippen molar-refractivity contribution in [2.75, 3.05) is 0 Å². The highest BCUT2D eigenvalue weighted by Crippen LogP contribution is 2.39. The van der Waals surface area contributed by atoms with Crippen molar-refractivity contribution in [1.82, 2.24) is 14.8 Å². The van der Waals surface area contributed by atoms with E-state index in [-0.39, 0.29) is 11.2 Å². The molecule has 1 aromatic carbocycles. The molecular formula is C11H11ClN4O2S. The minimum atomic E-state index is -3.87. The average molecular weight is 299 g/mol. The van der Waals surface area contributed by atoms with E-state index in [0.717, 1.165) is 18.4 Å². The molecule has 1 saturated carbocycles. The summed E-state index contributed by atoms with van der Waals surface area (Å²) in [5.74, 6) is 0.503. The molecule has 0 bridgehead atoms. The number of aromatic nitrogens is 3. The molecule has 1 fully saturated rings. The van der Waals surface area contributed by atoms with E-state index in [9.17, 15) is 8.42 Å². The van der Waals surface area contributed by atoms with Crippen molar-refractivity contribution in [1.29, 1.82) is 0 Å². The monoisotopic (exact) mass is 298 g/mol. The molecule has 0 unspecified atom stereocenters. The predicted molar refractivity (Wildman–Crippen MR) is 70.1 cm³/mol. The molecule has 3 rings (SSSR count). The summed E-state index contributed by atoms with van der Waals surface area (Å²) < 4.78 is 24.6. The van der Waals surface area contributed by atoms with Gasteiger partial charge in [0.1, 0.15) is 0 Å². The zero-order valence-electron chi connectivity index (χ0n) is 9.82. The van der Waals surface area contributed by atoms with E-state index in [1.165, 1.54) is 0 Å². The van der Waals surface area contributed by atoms with Gasteiger partial charge < -0.3 is 0 Å². The Balaban J connectivity index is 2.17. The van der Waals surface area contributed by atoms with Gasteiger partial charge in [0.05, 0.1) is 0 Å². The Labute approximate surface area is 115 Å². The maximum Gasteiger partial charge on any atom is 0.273 e. The second-order valence-electron chi connectivity index (χ2n) is 4.46. The van der Waals surface area contributed by atoms with Crippen molar-refractivity contribution >= 4 is 21.6 Å². The van der Waals surface area contributed by atoms with Crippen LogP contribution in [-0.2, 0) is 10.0 Å². The van der Waals surface area contributed by atoms with Crippen LogP contribution in [0.3, 0.4) is 0 Å². The van der Waals surface area contributed by atoms with Crippen LogP contribution in [0.25, 0.3) is 11.4 Å². The Hall–Kier alpha value is -1.44. The number of sulfonamides is 1. The van der Waals surface area contributed by atoms with Crippen LogP contribution in [0.1, 0.15) is 18.9 Å². The smallest absolute Gasteiger partial charge is 0.273 e. The van der Waals surface area contributed by atoms with Gasteiger partial charge in [-0.25, -0.2) is 13.6 Å². The third-order valence-electron chi connectivity index (χ3n) is 2.93. The van der Waals surface area contributed by atoms with Gasteiger partial charge in [-0.3, -0.25) is 4.57 Å². The lowest BCUT2D eigenvalue weighted by atomic mass is 10.2. The van der Waals surface area contributed by atoms with Gasteiger partial charge in [0.15, 0.2) is 5.82 Å². The van der Waals surface area contributed by atoms with Crippen LogP contribution < -0.4 is 5.14 Å². The van der Waals surface area contributed by atoms with Gasteiger partial charge in [0, 0.05) is 16.6 Å². The van der Waals surface area contributed by atoms with E-state index in [0.29, 0.717) is 10.8 Å². The fourth-order valence-corrected chi connectivity index (χ4v) is 2.72. The minimum absolute atomic E-state index is 0.106. The Morgan fingerprint density at radius 1 is 1.21 bits per heavy atom. The first-order valence-electron chi connectivity index (χ1n) is 5.70. The van der Waals surface area contributed by atoms with Crippen LogP contribution in [0.5, 0.6) is 0 Å². The summed E-state index contributed by atoms with van der Waals surface area (Å²) in [6.45, 7) is 0. The minimum Gasteiger partial charge on any atom is -0.294 e. The van der Waals surface area contributed by atoms with Crippen molar-refractivity contribution < 1.29 is 8.42 Å². The zero-order valence-corrected chi connectivity index (χ0v) is 11.4. The normalized spacial score (nSPS) is 15.7. The molecule has 0 amide bonds. The topological polar surface area (TPSA) is 90.9 Å². The Kier molecular flexibility index (Phi) is 2.84. The third-order valence-corrected chi connectivity index (χ3v) is 3.97. The maximum absolute atomic E-state index is 11.5. The van der Waals surface area contributed by atoms with Gasteiger partial charge in [-0.05, 0) is 37.1 Å². The molecule has 0 spiro atoms. The summed E-state index contributed by atoms with van der Waals surface area (Å²) in [6.07, 6.45) is 1.81. The van der Waals surface area contributed by atoms with E-state index in [4.69, 9.17) is 16.7 Å². The fraction of sp³-hybridized carbons (Fsp3) is 0.273. The summed E-state index contributed by atoms with van der Waals surface area (Å²) in [6, 6.07) is 7.10. The number of hydrogen-bond donors (Lipinski definition) is 1. The van der Waals surface area contributed by atoms with E-state index >= 15 is 0 Å². The number of primary sulfonamides is 1. The number of rotatable bonds is 3. The molecule has 1 heterocycles. The van der Waals surface area contributed by atoms with Crippen LogP contribution in [-0.4, -0.2) is 23.2 Å². The quantitative estimate of drug-likeness (QED) is 0.931. The number of nitrogens with two attached hydrogens (primary N) is 1. The highest BCUT2D eigenvalue weighted by atomic mass is 35.5. The van der Waals surface area contributed by atoms with Crippen molar-refractivity contribution in [3.8, 4) is 11.4 Å². The van der Waals surface area contributed by atoms with Crippen molar-refractivity contribution in [2.45, 2.75) is 24.0 Å². The molecule has 0 atom stereocenters. The second kappa shape index (κ2) is 4.29. The molecule has 19 heavy (non-hydrogen) atoms. The predicted octanol–water partition coefficient (Wildman–Crippen LogP) is 1.58.